The van der Waals surface area contributed by atoms with Crippen molar-refractivity contribution in [2.45, 2.75) is 20.3 Å². The van der Waals surface area contributed by atoms with Crippen molar-refractivity contribution in [3.63, 3.8) is 0 Å². The van der Waals surface area contributed by atoms with Crippen molar-refractivity contribution >= 4 is 21.4 Å². The Morgan fingerprint density at radius 3 is 2.79 bits per heavy atom. The molecule has 2 heteroatoms. The summed E-state index contributed by atoms with van der Waals surface area (Å²) in [5, 5.41) is 3.35. The molecular weight excluding hydrogens is 192 g/mol. The molecule has 0 radical (unpaired) electrons. The van der Waals surface area contributed by atoms with Crippen LogP contribution in [0.1, 0.15) is 18.1 Å². The molecule has 1 aromatic carbocycles. The summed E-state index contributed by atoms with van der Waals surface area (Å²) in [5.74, 6) is 1.00. The highest BCUT2D eigenvalue weighted by atomic mass is 32.1. The Hall–Kier alpha value is -1.02. The number of benzene rings is 1. The molecule has 0 saturated carbocycles. The molecule has 74 valence electrons. The maximum atomic E-state index is 5.33. The summed E-state index contributed by atoms with van der Waals surface area (Å²) in [6.45, 7) is 4.33. The zero-order valence-corrected chi connectivity index (χ0v) is 9.57. The van der Waals surface area contributed by atoms with E-state index in [1.54, 1.807) is 18.4 Å². The molecule has 0 aliphatic rings. The van der Waals surface area contributed by atoms with Crippen LogP contribution in [0.3, 0.4) is 0 Å². The molecule has 1 nitrogen and oxygen atoms in total. The molecule has 0 amide bonds. The van der Waals surface area contributed by atoms with Crippen molar-refractivity contribution in [2.75, 3.05) is 7.11 Å². The summed E-state index contributed by atoms with van der Waals surface area (Å²) in [4.78, 5) is 0. The van der Waals surface area contributed by atoms with E-state index >= 15 is 0 Å². The zero-order chi connectivity index (χ0) is 10.1. The molecule has 0 atom stereocenters. The van der Waals surface area contributed by atoms with Crippen molar-refractivity contribution < 1.29 is 4.74 Å². The van der Waals surface area contributed by atoms with Crippen LogP contribution in [0, 0.1) is 6.92 Å². The van der Waals surface area contributed by atoms with Gasteiger partial charge in [-0.1, -0.05) is 18.6 Å². The van der Waals surface area contributed by atoms with Gasteiger partial charge in [-0.05, 0) is 25.0 Å². The summed E-state index contributed by atoms with van der Waals surface area (Å²) >= 11 is 1.77. The molecule has 1 heterocycles. The Morgan fingerprint density at radius 1 is 1.36 bits per heavy atom. The predicted molar refractivity (Wildman–Crippen MR) is 62.5 cm³/mol. The molecule has 14 heavy (non-hydrogen) atoms. The molecule has 0 unspecified atom stereocenters. The van der Waals surface area contributed by atoms with E-state index in [0.717, 1.165) is 12.2 Å². The van der Waals surface area contributed by atoms with Crippen molar-refractivity contribution in [3.05, 3.63) is 28.6 Å². The maximum absolute atomic E-state index is 5.33. The summed E-state index contributed by atoms with van der Waals surface area (Å²) in [6, 6.07) is 4.46. The number of fused-ring (bicyclic) bond motifs is 1. The van der Waals surface area contributed by atoms with E-state index < -0.39 is 0 Å². The number of rotatable bonds is 2. The number of aryl methyl sites for hydroxylation is 2. The second-order valence-electron chi connectivity index (χ2n) is 3.46. The van der Waals surface area contributed by atoms with Crippen molar-refractivity contribution in [1.82, 2.24) is 0 Å². The quantitative estimate of drug-likeness (QED) is 0.726. The smallest absolute Gasteiger partial charge is 0.137 e. The van der Waals surface area contributed by atoms with Gasteiger partial charge in [-0.15, -0.1) is 11.3 Å². The van der Waals surface area contributed by atoms with Gasteiger partial charge in [0.1, 0.15) is 5.75 Å². The van der Waals surface area contributed by atoms with Crippen molar-refractivity contribution in [2.24, 2.45) is 0 Å². The normalized spacial score (nSPS) is 10.8. The van der Waals surface area contributed by atoms with Crippen LogP contribution >= 0.6 is 11.3 Å². The van der Waals surface area contributed by atoms with E-state index in [1.165, 1.54) is 21.2 Å². The first kappa shape index (κ1) is 9.53. The molecule has 2 aromatic rings. The van der Waals surface area contributed by atoms with Gasteiger partial charge in [-0.25, -0.2) is 0 Å². The lowest BCUT2D eigenvalue weighted by atomic mass is 10.1. The van der Waals surface area contributed by atoms with Crippen LogP contribution in [0.5, 0.6) is 5.75 Å². The maximum Gasteiger partial charge on any atom is 0.137 e. The Balaban J connectivity index is 2.76. The fourth-order valence-corrected chi connectivity index (χ4v) is 2.86. The largest absolute Gasteiger partial charge is 0.495 e. The Kier molecular flexibility index (Phi) is 2.46. The highest BCUT2D eigenvalue weighted by molar-refractivity contribution is 7.17. The monoisotopic (exact) mass is 206 g/mol. The molecule has 0 spiro atoms. The Labute approximate surface area is 88.3 Å². The van der Waals surface area contributed by atoms with E-state index in [1.807, 2.05) is 0 Å². The second kappa shape index (κ2) is 3.62. The van der Waals surface area contributed by atoms with Crippen LogP contribution in [0.25, 0.3) is 10.1 Å². The third-order valence-electron chi connectivity index (χ3n) is 2.46. The molecule has 0 N–H and O–H groups in total. The SMILES string of the molecule is CCc1cc(C)cc2c(OC)csc12. The minimum Gasteiger partial charge on any atom is -0.495 e. The fraction of sp³-hybridized carbons (Fsp3) is 0.333. The highest BCUT2D eigenvalue weighted by Crippen LogP contribution is 2.35. The highest BCUT2D eigenvalue weighted by Gasteiger charge is 2.07. The van der Waals surface area contributed by atoms with Crippen LogP contribution in [-0.2, 0) is 6.42 Å². The Bertz CT molecular complexity index is 457. The number of thiophene rings is 1. The van der Waals surface area contributed by atoms with Crippen molar-refractivity contribution in [3.8, 4) is 5.75 Å². The van der Waals surface area contributed by atoms with Crippen LogP contribution in [0.2, 0.25) is 0 Å². The molecule has 0 bridgehead atoms. The summed E-state index contributed by atoms with van der Waals surface area (Å²) in [6.07, 6.45) is 1.09. The Morgan fingerprint density at radius 2 is 2.14 bits per heavy atom. The second-order valence-corrected chi connectivity index (χ2v) is 4.34. The van der Waals surface area contributed by atoms with E-state index in [0.29, 0.717) is 0 Å². The first-order valence-electron chi connectivity index (χ1n) is 4.81. The third-order valence-corrected chi connectivity index (χ3v) is 3.51. The average molecular weight is 206 g/mol. The van der Waals surface area contributed by atoms with E-state index in [4.69, 9.17) is 4.74 Å². The first-order valence-corrected chi connectivity index (χ1v) is 5.69. The van der Waals surface area contributed by atoms with Gasteiger partial charge in [0.05, 0.1) is 7.11 Å². The summed E-state index contributed by atoms with van der Waals surface area (Å²) in [5.41, 5.74) is 2.74. The molecule has 1 aromatic heterocycles. The molecule has 0 aliphatic heterocycles. The van der Waals surface area contributed by atoms with Gasteiger partial charge in [-0.3, -0.25) is 0 Å². The first-order chi connectivity index (χ1) is 6.76. The molecule has 2 rings (SSSR count). The van der Waals surface area contributed by atoms with Gasteiger partial charge in [0.15, 0.2) is 0 Å². The van der Waals surface area contributed by atoms with E-state index in [-0.39, 0.29) is 0 Å². The summed E-state index contributed by atoms with van der Waals surface area (Å²) in [7, 11) is 1.73. The van der Waals surface area contributed by atoms with Gasteiger partial charge in [0.25, 0.3) is 0 Å². The number of hydrogen-bond donors (Lipinski definition) is 0. The van der Waals surface area contributed by atoms with Gasteiger partial charge in [0.2, 0.25) is 0 Å². The number of methoxy groups -OCH3 is 1. The van der Waals surface area contributed by atoms with E-state index in [9.17, 15) is 0 Å². The topological polar surface area (TPSA) is 9.23 Å². The zero-order valence-electron chi connectivity index (χ0n) is 8.76. The standard InChI is InChI=1S/C12H14OS/c1-4-9-5-8(2)6-10-11(13-3)7-14-12(9)10/h5-7H,4H2,1-3H3. The van der Waals surface area contributed by atoms with Crippen LogP contribution in [0.4, 0.5) is 0 Å². The lowest BCUT2D eigenvalue weighted by molar-refractivity contribution is 0.421. The molecule has 0 aliphatic carbocycles. The van der Waals surface area contributed by atoms with Gasteiger partial charge >= 0.3 is 0 Å². The average Bonchev–Trinajstić information content (AvgIpc) is 2.59. The van der Waals surface area contributed by atoms with E-state index in [2.05, 4.69) is 31.4 Å². The van der Waals surface area contributed by atoms with Gasteiger partial charge in [0, 0.05) is 15.5 Å². The third kappa shape index (κ3) is 1.40. The van der Waals surface area contributed by atoms with Gasteiger partial charge in [-0.2, -0.15) is 0 Å². The molecule has 0 saturated heterocycles. The van der Waals surface area contributed by atoms with Crippen molar-refractivity contribution in [1.29, 1.82) is 0 Å². The molecular formula is C12H14OS. The predicted octanol–water partition coefficient (Wildman–Crippen LogP) is 3.78. The van der Waals surface area contributed by atoms with Crippen LogP contribution in [0.15, 0.2) is 17.5 Å². The molecule has 0 fully saturated rings. The number of hydrogen-bond acceptors (Lipinski definition) is 2. The van der Waals surface area contributed by atoms with Gasteiger partial charge < -0.3 is 4.74 Å². The summed E-state index contributed by atoms with van der Waals surface area (Å²) < 4.78 is 6.70. The lowest BCUT2D eigenvalue weighted by Crippen LogP contribution is -1.84. The number of ether oxygens (including phenoxy) is 1. The van der Waals surface area contributed by atoms with Crippen LogP contribution < -0.4 is 4.74 Å². The van der Waals surface area contributed by atoms with Crippen LogP contribution in [-0.4, -0.2) is 7.11 Å². The minimum absolute atomic E-state index is 1.00. The lowest BCUT2D eigenvalue weighted by Gasteiger charge is -2.03. The fourth-order valence-electron chi connectivity index (χ4n) is 1.77. The minimum atomic E-state index is 1.00.